The minimum Gasteiger partial charge on any atom is -0.493 e. The Balaban J connectivity index is 1.19. The monoisotopic (exact) mass is 487 g/mol. The van der Waals surface area contributed by atoms with Crippen LogP contribution >= 0.6 is 0 Å². The average molecular weight is 488 g/mol. The lowest BCUT2D eigenvalue weighted by molar-refractivity contribution is 0.203. The molecule has 0 unspecified atom stereocenters. The number of aryl methyl sites for hydroxylation is 1. The van der Waals surface area contributed by atoms with Crippen molar-refractivity contribution >= 4 is 34.0 Å². The molecule has 3 heterocycles. The fourth-order valence-corrected chi connectivity index (χ4v) is 4.51. The van der Waals surface area contributed by atoms with E-state index in [1.807, 2.05) is 60.4 Å². The van der Waals surface area contributed by atoms with Gasteiger partial charge in [-0.05, 0) is 68.8 Å². The molecule has 0 spiro atoms. The quantitative estimate of drug-likeness (QED) is 0.298. The van der Waals surface area contributed by atoms with Gasteiger partial charge in [0.1, 0.15) is 5.82 Å². The molecule has 2 N–H and O–H groups in total. The van der Waals surface area contributed by atoms with Crippen molar-refractivity contribution in [3.05, 3.63) is 54.9 Å². The van der Waals surface area contributed by atoms with Crippen molar-refractivity contribution in [2.24, 2.45) is 7.05 Å². The number of piperidine rings is 1. The third-order valence-corrected chi connectivity index (χ3v) is 6.42. The summed E-state index contributed by atoms with van der Waals surface area (Å²) in [6, 6.07) is 13.7. The van der Waals surface area contributed by atoms with Crippen LogP contribution in [0.1, 0.15) is 25.7 Å². The first kappa shape index (κ1) is 23.9. The molecule has 0 aliphatic carbocycles. The molecule has 36 heavy (non-hydrogen) atoms. The molecule has 188 valence electrons. The van der Waals surface area contributed by atoms with E-state index in [2.05, 4.69) is 30.6 Å². The van der Waals surface area contributed by atoms with Gasteiger partial charge in [0, 0.05) is 42.6 Å². The van der Waals surface area contributed by atoms with Crippen LogP contribution in [-0.2, 0) is 7.05 Å². The topological polar surface area (TPSA) is 89.4 Å². The lowest BCUT2D eigenvalue weighted by Gasteiger charge is -2.26. The Morgan fingerprint density at radius 3 is 2.64 bits per heavy atom. The van der Waals surface area contributed by atoms with Crippen LogP contribution in [0.15, 0.2) is 54.9 Å². The third-order valence-electron chi connectivity index (χ3n) is 6.42. The minimum atomic E-state index is 0.485. The molecule has 2 aromatic carbocycles. The second-order valence-electron chi connectivity index (χ2n) is 9.03. The molecule has 4 aromatic rings. The van der Waals surface area contributed by atoms with E-state index >= 15 is 0 Å². The molecule has 1 saturated heterocycles. The van der Waals surface area contributed by atoms with Crippen molar-refractivity contribution in [3.63, 3.8) is 0 Å². The van der Waals surface area contributed by atoms with Gasteiger partial charge in [-0.2, -0.15) is 10.1 Å². The molecule has 1 aliphatic heterocycles. The Morgan fingerprint density at radius 1 is 0.944 bits per heavy atom. The number of anilines is 4. The van der Waals surface area contributed by atoms with Crippen molar-refractivity contribution in [2.45, 2.75) is 25.7 Å². The highest BCUT2D eigenvalue weighted by molar-refractivity contribution is 5.83. The lowest BCUT2D eigenvalue weighted by atomic mass is 10.1. The number of ether oxygens (including phenoxy) is 2. The first-order valence-corrected chi connectivity index (χ1v) is 12.5. The first-order chi connectivity index (χ1) is 17.7. The van der Waals surface area contributed by atoms with Gasteiger partial charge in [0.05, 0.1) is 25.4 Å². The van der Waals surface area contributed by atoms with Gasteiger partial charge in [-0.25, -0.2) is 4.98 Å². The Hall–Kier alpha value is -3.85. The molecule has 0 saturated carbocycles. The second kappa shape index (κ2) is 11.3. The molecular weight excluding hydrogens is 454 g/mol. The maximum atomic E-state index is 6.02. The normalized spacial score (nSPS) is 14.1. The van der Waals surface area contributed by atoms with Crippen molar-refractivity contribution in [1.29, 1.82) is 0 Å². The number of rotatable bonds is 10. The van der Waals surface area contributed by atoms with Crippen LogP contribution < -0.4 is 20.1 Å². The summed E-state index contributed by atoms with van der Waals surface area (Å²) < 4.78 is 13.4. The Labute approximate surface area is 211 Å². The number of fused-ring (bicyclic) bond motifs is 1. The zero-order valence-electron chi connectivity index (χ0n) is 20.9. The van der Waals surface area contributed by atoms with Crippen LogP contribution in [-0.4, -0.2) is 58.0 Å². The SMILES string of the molecule is COc1cc(Nc2nccc(Nc3ccc4cnn(C)c4c3)n2)ccc1OCCCN1CCCCC1. The summed E-state index contributed by atoms with van der Waals surface area (Å²) in [4.78, 5) is 11.5. The van der Waals surface area contributed by atoms with E-state index in [9.17, 15) is 0 Å². The number of benzene rings is 2. The van der Waals surface area contributed by atoms with Crippen LogP contribution in [0, 0.1) is 0 Å². The zero-order chi connectivity index (χ0) is 24.7. The van der Waals surface area contributed by atoms with E-state index in [4.69, 9.17) is 9.47 Å². The molecule has 0 radical (unpaired) electrons. The van der Waals surface area contributed by atoms with E-state index in [-0.39, 0.29) is 0 Å². The second-order valence-corrected chi connectivity index (χ2v) is 9.03. The fraction of sp³-hybridized carbons (Fsp3) is 0.370. The Bertz CT molecular complexity index is 1300. The van der Waals surface area contributed by atoms with Gasteiger partial charge < -0.3 is 25.0 Å². The number of likely N-dealkylation sites (tertiary alicyclic amines) is 1. The lowest BCUT2D eigenvalue weighted by Crippen LogP contribution is -2.31. The van der Waals surface area contributed by atoms with Crippen LogP contribution in [0.5, 0.6) is 11.5 Å². The molecule has 5 rings (SSSR count). The van der Waals surface area contributed by atoms with Crippen LogP contribution in [0.2, 0.25) is 0 Å². The van der Waals surface area contributed by atoms with Crippen molar-refractivity contribution in [3.8, 4) is 11.5 Å². The molecule has 9 heteroatoms. The van der Waals surface area contributed by atoms with Crippen molar-refractivity contribution in [1.82, 2.24) is 24.6 Å². The summed E-state index contributed by atoms with van der Waals surface area (Å²) >= 11 is 0. The number of hydrogen-bond acceptors (Lipinski definition) is 8. The van der Waals surface area contributed by atoms with Gasteiger partial charge in [0.15, 0.2) is 11.5 Å². The van der Waals surface area contributed by atoms with Crippen LogP contribution in [0.25, 0.3) is 10.9 Å². The Morgan fingerprint density at radius 2 is 1.78 bits per heavy atom. The molecule has 0 atom stereocenters. The van der Waals surface area contributed by atoms with Gasteiger partial charge in [-0.15, -0.1) is 0 Å². The van der Waals surface area contributed by atoms with Crippen LogP contribution in [0.3, 0.4) is 0 Å². The number of aromatic nitrogens is 4. The van der Waals surface area contributed by atoms with Gasteiger partial charge in [-0.1, -0.05) is 6.42 Å². The maximum Gasteiger partial charge on any atom is 0.229 e. The molecule has 9 nitrogen and oxygen atoms in total. The number of nitrogens with one attached hydrogen (secondary N) is 2. The number of methoxy groups -OCH3 is 1. The van der Waals surface area contributed by atoms with E-state index in [0.29, 0.717) is 24.1 Å². The fourth-order valence-electron chi connectivity index (χ4n) is 4.51. The summed E-state index contributed by atoms with van der Waals surface area (Å²) in [6.07, 6.45) is 8.56. The highest BCUT2D eigenvalue weighted by Crippen LogP contribution is 2.31. The number of hydrogen-bond donors (Lipinski definition) is 2. The van der Waals surface area contributed by atoms with Gasteiger partial charge in [0.2, 0.25) is 5.95 Å². The minimum absolute atomic E-state index is 0.485. The summed E-state index contributed by atoms with van der Waals surface area (Å²) in [7, 11) is 3.58. The highest BCUT2D eigenvalue weighted by atomic mass is 16.5. The van der Waals surface area contributed by atoms with Gasteiger partial charge in [-0.3, -0.25) is 4.68 Å². The summed E-state index contributed by atoms with van der Waals surface area (Å²) in [5.41, 5.74) is 2.80. The Kier molecular flexibility index (Phi) is 7.47. The van der Waals surface area contributed by atoms with E-state index in [1.54, 1.807) is 13.3 Å². The summed E-state index contributed by atoms with van der Waals surface area (Å²) in [5.74, 6) is 2.59. The smallest absolute Gasteiger partial charge is 0.229 e. The first-order valence-electron chi connectivity index (χ1n) is 12.5. The predicted octanol–water partition coefficient (Wildman–Crippen LogP) is 5.11. The van der Waals surface area contributed by atoms with E-state index in [0.717, 1.165) is 41.0 Å². The van der Waals surface area contributed by atoms with Crippen molar-refractivity contribution in [2.75, 3.05) is 44.0 Å². The van der Waals surface area contributed by atoms with Gasteiger partial charge >= 0.3 is 0 Å². The molecular formula is C27H33N7O2. The molecule has 0 amide bonds. The molecule has 0 bridgehead atoms. The van der Waals surface area contributed by atoms with E-state index < -0.39 is 0 Å². The number of nitrogens with zero attached hydrogens (tertiary/aromatic N) is 5. The summed E-state index contributed by atoms with van der Waals surface area (Å²) in [5, 5.41) is 12.0. The van der Waals surface area contributed by atoms with Crippen LogP contribution in [0.4, 0.5) is 23.1 Å². The molecule has 2 aromatic heterocycles. The maximum absolute atomic E-state index is 6.02. The predicted molar refractivity (Wildman–Crippen MR) is 143 cm³/mol. The molecule has 1 aliphatic rings. The average Bonchev–Trinajstić information content (AvgIpc) is 3.28. The van der Waals surface area contributed by atoms with Gasteiger partial charge in [0.25, 0.3) is 0 Å². The third kappa shape index (κ3) is 5.85. The zero-order valence-corrected chi connectivity index (χ0v) is 20.9. The van der Waals surface area contributed by atoms with Crippen molar-refractivity contribution < 1.29 is 9.47 Å². The standard InChI is InChI=1S/C27H33N7O2/c1-33-23-17-21(8-7-20(23)19-29-33)30-26-11-12-28-27(32-26)31-22-9-10-24(25(18-22)35-2)36-16-6-15-34-13-4-3-5-14-34/h7-12,17-19H,3-6,13-16H2,1-2H3,(H2,28,30,31,32). The highest BCUT2D eigenvalue weighted by Gasteiger charge is 2.11. The molecule has 1 fully saturated rings. The largest absolute Gasteiger partial charge is 0.493 e. The van der Waals surface area contributed by atoms with E-state index in [1.165, 1.54) is 32.4 Å². The summed E-state index contributed by atoms with van der Waals surface area (Å²) in [6.45, 7) is 4.17.